The van der Waals surface area contributed by atoms with Crippen LogP contribution in [-0.2, 0) is 0 Å². The molecule has 1 saturated heterocycles. The van der Waals surface area contributed by atoms with Gasteiger partial charge in [-0.15, -0.1) is 0 Å². The molecular weight excluding hydrogens is 383 g/mol. The number of piperazine rings is 1. The van der Waals surface area contributed by atoms with Crippen molar-refractivity contribution in [1.29, 1.82) is 0 Å². The molecule has 1 amide bonds. The Bertz CT molecular complexity index is 855. The number of hydrogen-bond acceptors (Lipinski definition) is 4. The molecule has 2 aromatic rings. The van der Waals surface area contributed by atoms with Gasteiger partial charge in [0.25, 0.3) is 5.91 Å². The summed E-state index contributed by atoms with van der Waals surface area (Å²) in [6, 6.07) is 9.67. The van der Waals surface area contributed by atoms with Gasteiger partial charge in [-0.1, -0.05) is 6.07 Å². The molecule has 0 aliphatic carbocycles. The maximum absolute atomic E-state index is 13.9. The first kappa shape index (κ1) is 21.0. The number of alkyl halides is 2. The van der Waals surface area contributed by atoms with Crippen molar-refractivity contribution in [2.45, 2.75) is 19.6 Å². The summed E-state index contributed by atoms with van der Waals surface area (Å²) < 4.78 is 43.1. The van der Waals surface area contributed by atoms with Crippen LogP contribution in [0.2, 0.25) is 0 Å². The number of amides is 1. The third-order valence-electron chi connectivity index (χ3n) is 4.97. The van der Waals surface area contributed by atoms with Crippen molar-refractivity contribution in [2.24, 2.45) is 0 Å². The van der Waals surface area contributed by atoms with Crippen LogP contribution < -0.4 is 15.0 Å². The van der Waals surface area contributed by atoms with Gasteiger partial charge in [0, 0.05) is 43.0 Å². The third-order valence-corrected chi connectivity index (χ3v) is 4.97. The smallest absolute Gasteiger partial charge is 0.387 e. The van der Waals surface area contributed by atoms with Crippen LogP contribution in [0.15, 0.2) is 42.5 Å². The fourth-order valence-corrected chi connectivity index (χ4v) is 3.38. The van der Waals surface area contributed by atoms with Gasteiger partial charge in [0.05, 0.1) is 6.04 Å². The molecule has 3 rings (SSSR count). The van der Waals surface area contributed by atoms with Crippen molar-refractivity contribution in [2.75, 3.05) is 38.1 Å². The number of nitrogens with zero attached hydrogens (tertiary/aromatic N) is 2. The normalized spacial score (nSPS) is 16.0. The van der Waals surface area contributed by atoms with Crippen molar-refractivity contribution in [3.63, 3.8) is 0 Å². The van der Waals surface area contributed by atoms with Crippen molar-refractivity contribution in [3.8, 4) is 5.75 Å². The molecule has 0 saturated carbocycles. The second kappa shape index (κ2) is 9.17. The number of rotatable bonds is 6. The Kier molecular flexibility index (Phi) is 6.64. The molecule has 0 aromatic heterocycles. The van der Waals surface area contributed by atoms with Crippen LogP contribution in [0.4, 0.5) is 18.9 Å². The molecule has 1 aliphatic heterocycles. The van der Waals surface area contributed by atoms with Crippen LogP contribution in [0.25, 0.3) is 0 Å². The van der Waals surface area contributed by atoms with E-state index in [1.807, 2.05) is 0 Å². The summed E-state index contributed by atoms with van der Waals surface area (Å²) in [5.74, 6) is -0.929. The lowest BCUT2D eigenvalue weighted by Crippen LogP contribution is -2.45. The minimum Gasteiger partial charge on any atom is -0.435 e. The summed E-state index contributed by atoms with van der Waals surface area (Å²) in [4.78, 5) is 17.0. The summed E-state index contributed by atoms with van der Waals surface area (Å²) in [6.07, 6.45) is 0. The Morgan fingerprint density at radius 2 is 1.83 bits per heavy atom. The van der Waals surface area contributed by atoms with Crippen molar-refractivity contribution < 1.29 is 22.7 Å². The SMILES string of the molecule is CC(NC(=O)c1cccc(OC(F)F)c1)c1cc(F)ccc1N1CCN(C)CC1. The fraction of sp³-hybridized carbons (Fsp3) is 0.381. The second-order valence-electron chi connectivity index (χ2n) is 7.09. The summed E-state index contributed by atoms with van der Waals surface area (Å²) in [5.41, 5.74) is 1.73. The van der Waals surface area contributed by atoms with E-state index in [1.54, 1.807) is 13.0 Å². The third kappa shape index (κ3) is 5.41. The molecule has 5 nitrogen and oxygen atoms in total. The molecule has 1 heterocycles. The minimum absolute atomic E-state index is 0.0933. The predicted octanol–water partition coefficient (Wildman–Crippen LogP) is 3.67. The molecule has 8 heteroatoms. The van der Waals surface area contributed by atoms with Gasteiger partial charge >= 0.3 is 6.61 Å². The number of carbonyl (C=O) groups excluding carboxylic acids is 1. The Morgan fingerprint density at radius 3 is 2.52 bits per heavy atom. The van der Waals surface area contributed by atoms with Gasteiger partial charge in [0.15, 0.2) is 0 Å². The highest BCUT2D eigenvalue weighted by Crippen LogP contribution is 2.28. The van der Waals surface area contributed by atoms with Gasteiger partial charge in [0.2, 0.25) is 0 Å². The van der Waals surface area contributed by atoms with E-state index < -0.39 is 18.6 Å². The first-order valence-electron chi connectivity index (χ1n) is 9.42. The number of benzene rings is 2. The zero-order valence-corrected chi connectivity index (χ0v) is 16.4. The highest BCUT2D eigenvalue weighted by Gasteiger charge is 2.21. The molecule has 1 aliphatic rings. The quantitative estimate of drug-likeness (QED) is 0.794. The van der Waals surface area contributed by atoms with Crippen LogP contribution in [0.3, 0.4) is 0 Å². The van der Waals surface area contributed by atoms with E-state index in [0.29, 0.717) is 5.56 Å². The predicted molar refractivity (Wildman–Crippen MR) is 105 cm³/mol. The lowest BCUT2D eigenvalue weighted by atomic mass is 10.0. The van der Waals surface area contributed by atoms with Gasteiger partial charge in [-0.3, -0.25) is 4.79 Å². The van der Waals surface area contributed by atoms with E-state index in [4.69, 9.17) is 0 Å². The summed E-state index contributed by atoms with van der Waals surface area (Å²) >= 11 is 0. The highest BCUT2D eigenvalue weighted by molar-refractivity contribution is 5.94. The monoisotopic (exact) mass is 407 g/mol. The van der Waals surface area contributed by atoms with Crippen LogP contribution >= 0.6 is 0 Å². The molecule has 29 heavy (non-hydrogen) atoms. The Morgan fingerprint density at radius 1 is 1.10 bits per heavy atom. The van der Waals surface area contributed by atoms with Gasteiger partial charge in [0.1, 0.15) is 11.6 Å². The average Bonchev–Trinajstić information content (AvgIpc) is 2.68. The minimum atomic E-state index is -2.97. The second-order valence-corrected chi connectivity index (χ2v) is 7.09. The maximum Gasteiger partial charge on any atom is 0.387 e. The molecule has 1 N–H and O–H groups in total. The zero-order chi connectivity index (χ0) is 21.0. The number of hydrogen-bond donors (Lipinski definition) is 1. The van der Waals surface area contributed by atoms with E-state index in [1.165, 1.54) is 36.4 Å². The van der Waals surface area contributed by atoms with Gasteiger partial charge in [-0.25, -0.2) is 4.39 Å². The van der Waals surface area contributed by atoms with E-state index >= 15 is 0 Å². The van der Waals surface area contributed by atoms with E-state index in [0.717, 1.165) is 31.9 Å². The lowest BCUT2D eigenvalue weighted by Gasteiger charge is -2.36. The molecular formula is C21H24F3N3O2. The Balaban J connectivity index is 1.77. The largest absolute Gasteiger partial charge is 0.435 e. The number of carbonyl (C=O) groups is 1. The molecule has 0 radical (unpaired) electrons. The van der Waals surface area contributed by atoms with Crippen molar-refractivity contribution in [1.82, 2.24) is 10.2 Å². The molecule has 2 aromatic carbocycles. The maximum atomic E-state index is 13.9. The summed E-state index contributed by atoms with van der Waals surface area (Å²) in [5, 5.41) is 2.82. The molecule has 0 spiro atoms. The first-order valence-corrected chi connectivity index (χ1v) is 9.42. The fourth-order valence-electron chi connectivity index (χ4n) is 3.38. The average molecular weight is 407 g/mol. The Labute approximate surface area is 168 Å². The van der Waals surface area contributed by atoms with Crippen LogP contribution in [0.1, 0.15) is 28.9 Å². The van der Waals surface area contributed by atoms with Gasteiger partial charge in [-0.05, 0) is 50.4 Å². The number of likely N-dealkylation sites (N-methyl/N-ethyl adjacent to an activating group) is 1. The number of halogens is 3. The topological polar surface area (TPSA) is 44.8 Å². The molecule has 1 unspecified atom stereocenters. The molecule has 0 bridgehead atoms. The molecule has 1 fully saturated rings. The Hall–Kier alpha value is -2.74. The van der Waals surface area contributed by atoms with Crippen molar-refractivity contribution >= 4 is 11.6 Å². The lowest BCUT2D eigenvalue weighted by molar-refractivity contribution is -0.0498. The van der Waals surface area contributed by atoms with Gasteiger partial charge < -0.3 is 19.9 Å². The van der Waals surface area contributed by atoms with Gasteiger partial charge in [-0.2, -0.15) is 8.78 Å². The van der Waals surface area contributed by atoms with Crippen LogP contribution in [0, 0.1) is 5.82 Å². The summed E-state index contributed by atoms with van der Waals surface area (Å²) in [6.45, 7) is 2.21. The van der Waals surface area contributed by atoms with Crippen molar-refractivity contribution in [3.05, 3.63) is 59.4 Å². The highest BCUT2D eigenvalue weighted by atomic mass is 19.3. The summed E-state index contributed by atoms with van der Waals surface area (Å²) in [7, 11) is 2.05. The molecule has 1 atom stereocenters. The van der Waals surface area contributed by atoms with E-state index in [9.17, 15) is 18.0 Å². The van der Waals surface area contributed by atoms with Crippen LogP contribution in [-0.4, -0.2) is 50.6 Å². The number of nitrogens with one attached hydrogen (secondary N) is 1. The number of ether oxygens (including phenoxy) is 1. The molecule has 156 valence electrons. The van der Waals surface area contributed by atoms with E-state index in [2.05, 4.69) is 26.9 Å². The zero-order valence-electron chi connectivity index (χ0n) is 16.4. The standard InChI is InChI=1S/C21H24F3N3O2/c1-14(25-20(28)15-4-3-5-17(12-15)29-21(23)24)18-13-16(22)6-7-19(18)27-10-8-26(2)9-11-27/h3-7,12-14,21H,8-11H2,1-2H3,(H,25,28). The van der Waals surface area contributed by atoms with Crippen LogP contribution in [0.5, 0.6) is 5.75 Å². The number of anilines is 1. The first-order chi connectivity index (χ1) is 13.8. The van der Waals surface area contributed by atoms with E-state index in [-0.39, 0.29) is 17.1 Å².